The quantitative estimate of drug-likeness (QED) is 0.303. The van der Waals surface area contributed by atoms with Crippen LogP contribution in [0, 0.1) is 19.7 Å². The zero-order valence-corrected chi connectivity index (χ0v) is 19.0. The lowest BCUT2D eigenvalue weighted by Crippen LogP contribution is -2.23. The van der Waals surface area contributed by atoms with Crippen molar-refractivity contribution in [2.24, 2.45) is 0 Å². The molecule has 0 saturated heterocycles. The molecule has 0 saturated carbocycles. The molecule has 2 aromatic carbocycles. The van der Waals surface area contributed by atoms with Gasteiger partial charge in [0.2, 0.25) is 5.91 Å². The van der Waals surface area contributed by atoms with Crippen molar-refractivity contribution in [1.29, 1.82) is 0 Å². The number of thiophene rings is 1. The number of aromatic nitrogens is 2. The van der Waals surface area contributed by atoms with E-state index in [4.69, 9.17) is 11.6 Å². The summed E-state index contributed by atoms with van der Waals surface area (Å²) >= 11 is 8.56. The second-order valence-corrected chi connectivity index (χ2v) is 9.12. The predicted octanol–water partition coefficient (Wildman–Crippen LogP) is 5.59. The summed E-state index contributed by atoms with van der Waals surface area (Å²) in [6.07, 6.45) is 0. The average Bonchev–Trinajstić information content (AvgIpc) is 3.20. The number of hydrogen-bond donors (Lipinski definition) is 1. The number of thioether (sulfide) groups is 1. The van der Waals surface area contributed by atoms with Gasteiger partial charge in [-0.15, -0.1) is 11.3 Å². The summed E-state index contributed by atoms with van der Waals surface area (Å²) in [5.41, 5.74) is 2.86. The summed E-state index contributed by atoms with van der Waals surface area (Å²) in [6, 6.07) is 11.3. The molecule has 4 rings (SSSR count). The number of nitrogens with zero attached hydrogens (tertiary/aromatic N) is 2. The Morgan fingerprint density at radius 3 is 2.84 bits per heavy atom. The van der Waals surface area contributed by atoms with Gasteiger partial charge in [-0.3, -0.25) is 14.2 Å². The Balaban J connectivity index is 1.67. The van der Waals surface area contributed by atoms with Gasteiger partial charge in [-0.05, 0) is 66.8 Å². The number of carbonyl (C=O) groups excluding carboxylic acids is 1. The summed E-state index contributed by atoms with van der Waals surface area (Å²) in [4.78, 5) is 30.3. The maximum absolute atomic E-state index is 13.6. The first-order valence-electron chi connectivity index (χ1n) is 9.29. The molecule has 31 heavy (non-hydrogen) atoms. The molecule has 0 spiro atoms. The largest absolute Gasteiger partial charge is 0.325 e. The highest BCUT2D eigenvalue weighted by Crippen LogP contribution is 2.27. The molecule has 1 amide bonds. The van der Waals surface area contributed by atoms with Crippen LogP contribution in [0.15, 0.2) is 57.8 Å². The van der Waals surface area contributed by atoms with Crippen molar-refractivity contribution in [3.8, 4) is 5.69 Å². The number of fused-ring (bicyclic) bond motifs is 1. The summed E-state index contributed by atoms with van der Waals surface area (Å²) in [6.45, 7) is 3.55. The zero-order chi connectivity index (χ0) is 22.1. The lowest BCUT2D eigenvalue weighted by molar-refractivity contribution is -0.113. The summed E-state index contributed by atoms with van der Waals surface area (Å²) in [5.74, 6) is -0.601. The van der Waals surface area contributed by atoms with Gasteiger partial charge in [0.15, 0.2) is 5.16 Å². The van der Waals surface area contributed by atoms with Crippen LogP contribution in [0.5, 0.6) is 0 Å². The Morgan fingerprint density at radius 1 is 1.26 bits per heavy atom. The van der Waals surface area contributed by atoms with Gasteiger partial charge in [-0.1, -0.05) is 29.4 Å². The van der Waals surface area contributed by atoms with Crippen LogP contribution in [0.3, 0.4) is 0 Å². The van der Waals surface area contributed by atoms with Gasteiger partial charge in [-0.2, -0.15) is 0 Å². The molecule has 5 nitrogen and oxygen atoms in total. The number of halogens is 2. The van der Waals surface area contributed by atoms with Crippen molar-refractivity contribution in [2.45, 2.75) is 19.0 Å². The first-order chi connectivity index (χ1) is 14.8. The SMILES string of the molecule is Cc1cc(F)ccc1-n1c(SCC(=O)Nc2cccc(Cl)c2C)nc2ccsc2c1=O. The number of amides is 1. The Morgan fingerprint density at radius 2 is 2.06 bits per heavy atom. The molecule has 0 unspecified atom stereocenters. The van der Waals surface area contributed by atoms with Crippen LogP contribution in [0.1, 0.15) is 11.1 Å². The van der Waals surface area contributed by atoms with E-state index >= 15 is 0 Å². The van der Waals surface area contributed by atoms with Gasteiger partial charge in [0, 0.05) is 10.7 Å². The van der Waals surface area contributed by atoms with E-state index in [-0.39, 0.29) is 23.0 Å². The van der Waals surface area contributed by atoms with Crippen molar-refractivity contribution < 1.29 is 9.18 Å². The molecular formula is C22H17ClFN3O2S2. The zero-order valence-electron chi connectivity index (χ0n) is 16.6. The first-order valence-corrected chi connectivity index (χ1v) is 11.5. The van der Waals surface area contributed by atoms with Gasteiger partial charge in [0.25, 0.3) is 5.56 Å². The highest BCUT2D eigenvalue weighted by molar-refractivity contribution is 7.99. The number of nitrogens with one attached hydrogen (secondary N) is 1. The highest BCUT2D eigenvalue weighted by Gasteiger charge is 2.17. The lowest BCUT2D eigenvalue weighted by Gasteiger charge is -2.14. The van der Waals surface area contributed by atoms with Crippen molar-refractivity contribution in [1.82, 2.24) is 9.55 Å². The molecular weight excluding hydrogens is 457 g/mol. The normalized spacial score (nSPS) is 11.1. The predicted molar refractivity (Wildman–Crippen MR) is 125 cm³/mol. The first kappa shape index (κ1) is 21.5. The molecule has 158 valence electrons. The van der Waals surface area contributed by atoms with Crippen molar-refractivity contribution >= 4 is 56.5 Å². The summed E-state index contributed by atoms with van der Waals surface area (Å²) < 4.78 is 15.6. The van der Waals surface area contributed by atoms with E-state index in [1.54, 1.807) is 42.6 Å². The lowest BCUT2D eigenvalue weighted by atomic mass is 10.2. The van der Waals surface area contributed by atoms with Crippen LogP contribution in [0.2, 0.25) is 5.02 Å². The maximum atomic E-state index is 13.6. The highest BCUT2D eigenvalue weighted by atomic mass is 35.5. The van der Waals surface area contributed by atoms with Gasteiger partial charge in [-0.25, -0.2) is 9.37 Å². The van der Waals surface area contributed by atoms with Crippen LogP contribution in [0.4, 0.5) is 10.1 Å². The molecule has 0 aliphatic carbocycles. The minimum Gasteiger partial charge on any atom is -0.325 e. The molecule has 0 aliphatic heterocycles. The molecule has 4 aromatic rings. The second kappa shape index (κ2) is 8.82. The Hall–Kier alpha value is -2.68. The second-order valence-electron chi connectivity index (χ2n) is 6.85. The van der Waals surface area contributed by atoms with Crippen LogP contribution < -0.4 is 10.9 Å². The van der Waals surface area contributed by atoms with Gasteiger partial charge in [0.05, 0.1) is 17.0 Å². The van der Waals surface area contributed by atoms with Gasteiger partial charge < -0.3 is 5.32 Å². The minimum atomic E-state index is -0.384. The molecule has 9 heteroatoms. The van der Waals surface area contributed by atoms with Crippen molar-refractivity contribution in [3.63, 3.8) is 0 Å². The number of anilines is 1. The van der Waals surface area contributed by atoms with E-state index in [2.05, 4.69) is 10.3 Å². The third kappa shape index (κ3) is 4.37. The van der Waals surface area contributed by atoms with Gasteiger partial charge >= 0.3 is 0 Å². The topological polar surface area (TPSA) is 64.0 Å². The molecule has 0 aliphatic rings. The van der Waals surface area contributed by atoms with E-state index in [0.29, 0.717) is 37.3 Å². The smallest absolute Gasteiger partial charge is 0.276 e. The van der Waals surface area contributed by atoms with Crippen molar-refractivity contribution in [3.05, 3.63) is 80.2 Å². The fourth-order valence-corrected chi connectivity index (χ4v) is 4.87. The number of hydrogen-bond acceptors (Lipinski definition) is 5. The van der Waals surface area contributed by atoms with E-state index in [9.17, 15) is 14.0 Å². The number of benzene rings is 2. The summed E-state index contributed by atoms with van der Waals surface area (Å²) in [5, 5.41) is 5.56. The van der Waals surface area contributed by atoms with E-state index in [0.717, 1.165) is 17.3 Å². The van der Waals surface area contributed by atoms with Crippen LogP contribution in [0.25, 0.3) is 15.9 Å². The Kier molecular flexibility index (Phi) is 6.13. The summed E-state index contributed by atoms with van der Waals surface area (Å²) in [7, 11) is 0. The Bertz CT molecular complexity index is 1370. The molecule has 0 radical (unpaired) electrons. The maximum Gasteiger partial charge on any atom is 0.276 e. The van der Waals surface area contributed by atoms with Crippen LogP contribution >= 0.6 is 34.7 Å². The van der Waals surface area contributed by atoms with E-state index < -0.39 is 0 Å². The van der Waals surface area contributed by atoms with E-state index in [1.807, 2.05) is 6.92 Å². The number of carbonyl (C=O) groups is 1. The minimum absolute atomic E-state index is 0.0360. The van der Waals surface area contributed by atoms with Crippen molar-refractivity contribution in [2.75, 3.05) is 11.1 Å². The number of rotatable bonds is 5. The average molecular weight is 474 g/mol. The fourth-order valence-electron chi connectivity index (χ4n) is 3.13. The van der Waals surface area contributed by atoms with E-state index in [1.165, 1.54) is 28.0 Å². The van der Waals surface area contributed by atoms with Crippen LogP contribution in [-0.4, -0.2) is 21.2 Å². The third-order valence-corrected chi connectivity index (χ3v) is 6.96. The molecule has 1 N–H and O–H groups in total. The molecule has 2 heterocycles. The fraction of sp³-hybridized carbons (Fsp3) is 0.136. The molecule has 0 fully saturated rings. The number of aryl methyl sites for hydroxylation is 1. The Labute approximate surface area is 190 Å². The third-order valence-electron chi connectivity index (χ3n) is 4.72. The van der Waals surface area contributed by atoms with Crippen LogP contribution in [-0.2, 0) is 4.79 Å². The molecule has 2 aromatic heterocycles. The molecule has 0 atom stereocenters. The van der Waals surface area contributed by atoms with Gasteiger partial charge in [0.1, 0.15) is 10.5 Å². The molecule has 0 bridgehead atoms. The standard InChI is InChI=1S/C22H17ClFN3O2S2/c1-12-10-14(24)6-7-18(12)27-21(29)20-17(8-9-30-20)26-22(27)31-11-19(28)25-16-5-3-4-15(23)13(16)2/h3-10H,11H2,1-2H3,(H,25,28). The monoisotopic (exact) mass is 473 g/mol.